The van der Waals surface area contributed by atoms with E-state index in [4.69, 9.17) is 0 Å². The van der Waals surface area contributed by atoms with Crippen molar-refractivity contribution >= 4 is 35.2 Å². The summed E-state index contributed by atoms with van der Waals surface area (Å²) in [4.78, 5) is 97.2. The van der Waals surface area contributed by atoms with E-state index in [9.17, 15) is 33.6 Å². The number of nitrogens with one attached hydrogen (secondary N) is 4. The van der Waals surface area contributed by atoms with Gasteiger partial charge in [-0.1, -0.05) is 80.2 Å². The Kier molecular flexibility index (Phi) is 11.9. The first-order chi connectivity index (χ1) is 25.3. The Morgan fingerprint density at radius 3 is 2.20 bits per heavy atom. The van der Waals surface area contributed by atoms with Crippen molar-refractivity contribution in [3.8, 4) is 0 Å². The molecule has 13 heteroatoms. The van der Waals surface area contributed by atoms with Crippen molar-refractivity contribution in [3.05, 3.63) is 38.7 Å². The lowest BCUT2D eigenvalue weighted by Crippen LogP contribution is -2.62. The van der Waals surface area contributed by atoms with E-state index in [2.05, 4.69) is 41.7 Å². The Morgan fingerprint density at radius 1 is 0.981 bits per heavy atom. The maximum atomic E-state index is 14.7. The van der Waals surface area contributed by atoms with E-state index in [1.54, 1.807) is 16.8 Å². The number of urea groups is 1. The van der Waals surface area contributed by atoms with E-state index in [0.29, 0.717) is 24.2 Å². The fourth-order valence-corrected chi connectivity index (χ4v) is 9.05. The number of fused-ring (bicyclic) bond motifs is 1. The normalized spacial score (nSPS) is 24.4. The van der Waals surface area contributed by atoms with Gasteiger partial charge in [-0.15, -0.1) is 6.58 Å². The van der Waals surface area contributed by atoms with Crippen LogP contribution in [0, 0.1) is 28.6 Å². The first-order valence-electron chi connectivity index (χ1n) is 19.9. The topological polar surface area (TPSA) is 174 Å². The molecule has 13 nitrogen and oxygen atoms in total. The van der Waals surface area contributed by atoms with E-state index in [1.165, 1.54) is 6.08 Å². The van der Waals surface area contributed by atoms with E-state index in [1.807, 2.05) is 34.6 Å². The van der Waals surface area contributed by atoms with Gasteiger partial charge in [0.05, 0.1) is 17.8 Å². The number of nitrogens with zero attached hydrogens (tertiary/aromatic N) is 2. The van der Waals surface area contributed by atoms with Gasteiger partial charge in [0.15, 0.2) is 0 Å². The summed E-state index contributed by atoms with van der Waals surface area (Å²) in [6.45, 7) is 18.3. The molecule has 0 aromatic heterocycles. The molecule has 3 aliphatic carbocycles. The summed E-state index contributed by atoms with van der Waals surface area (Å²) in [7, 11) is 1.77. The lowest BCUT2D eigenvalue weighted by atomic mass is 9.83. The Hall–Kier alpha value is -4.03. The zero-order chi connectivity index (χ0) is 39.9. The van der Waals surface area contributed by atoms with Gasteiger partial charge in [-0.05, 0) is 66.1 Å². The molecule has 4 aliphatic rings. The minimum absolute atomic E-state index is 0.0771. The Bertz CT molecular complexity index is 1710. The highest BCUT2D eigenvalue weighted by atomic mass is 16.2. The number of piperidine rings is 1. The fraction of sp³-hybridized carbons (Fsp3) is 0.732. The maximum Gasteiger partial charge on any atom is 0.315 e. The number of amides is 5. The van der Waals surface area contributed by atoms with Crippen molar-refractivity contribution in [2.75, 3.05) is 31.6 Å². The number of Topliss-reactive ketones (excluding diaryl/α,β-unsaturated/α-hetero) is 1. The van der Waals surface area contributed by atoms with Crippen molar-refractivity contribution in [1.82, 2.24) is 26.2 Å². The standard InChI is InChI=1S/C41H62N6O7/c1-10-15-25(32(48)36(52)42-20-11-2)43-35(51)31-27-24(40(27,6)7)21-47(31)37(53)29(23-16-13-12-14-17-23)45-38(54)44-26(39(3,4)5)22-46(9)30-28(33(49)34(30)50)41(8)18-19-41/h11,23-27,29,31H,2,10,12-22H2,1,3-9H3,(H,42,52)(H,43,51)(H2,44,45,54)/t24-,25?,26+,27-,29-,31-/m0/s1. The van der Waals surface area contributed by atoms with Crippen LogP contribution in [-0.4, -0.2) is 85.3 Å². The van der Waals surface area contributed by atoms with Crippen molar-refractivity contribution in [2.45, 2.75) is 136 Å². The number of likely N-dealkylation sites (N-methyl/N-ethyl adjacent to an activating group) is 1. The van der Waals surface area contributed by atoms with E-state index in [-0.39, 0.29) is 54.0 Å². The molecule has 0 spiro atoms. The number of ketones is 1. The van der Waals surface area contributed by atoms with Crippen LogP contribution < -0.4 is 37.0 Å². The van der Waals surface area contributed by atoms with Crippen molar-refractivity contribution < 1.29 is 24.0 Å². The van der Waals surface area contributed by atoms with Crippen molar-refractivity contribution in [2.24, 2.45) is 28.6 Å². The average molecular weight is 751 g/mol. The summed E-state index contributed by atoms with van der Waals surface area (Å²) >= 11 is 0. The van der Waals surface area contributed by atoms with Gasteiger partial charge in [0, 0.05) is 32.2 Å². The summed E-state index contributed by atoms with van der Waals surface area (Å²) in [5, 5.41) is 11.5. The molecule has 298 valence electrons. The first-order valence-corrected chi connectivity index (χ1v) is 19.9. The quantitative estimate of drug-likeness (QED) is 0.147. The Balaban J connectivity index is 1.34. The zero-order valence-corrected chi connectivity index (χ0v) is 33.6. The summed E-state index contributed by atoms with van der Waals surface area (Å²) in [6, 6.07) is -3.75. The highest BCUT2D eigenvalue weighted by Gasteiger charge is 2.69. The van der Waals surface area contributed by atoms with Crippen molar-refractivity contribution in [3.63, 3.8) is 0 Å². The predicted molar refractivity (Wildman–Crippen MR) is 208 cm³/mol. The molecule has 0 bridgehead atoms. The monoisotopic (exact) mass is 750 g/mol. The number of hydrogen-bond acceptors (Lipinski definition) is 8. The number of hydrogen-bond donors (Lipinski definition) is 4. The highest BCUT2D eigenvalue weighted by Crippen LogP contribution is 2.65. The molecule has 1 aromatic rings. The van der Waals surface area contributed by atoms with E-state index >= 15 is 0 Å². The third kappa shape index (κ3) is 8.15. The second-order valence-electron chi connectivity index (χ2n) is 18.3. The zero-order valence-electron chi connectivity index (χ0n) is 33.6. The molecule has 54 heavy (non-hydrogen) atoms. The highest BCUT2D eigenvalue weighted by molar-refractivity contribution is 6.38. The van der Waals surface area contributed by atoms with E-state index in [0.717, 1.165) is 44.9 Å². The van der Waals surface area contributed by atoms with Crippen LogP contribution in [-0.2, 0) is 24.6 Å². The number of carbonyl (C=O) groups is 5. The molecule has 5 amide bonds. The minimum Gasteiger partial charge on any atom is -0.369 e. The molecular weight excluding hydrogens is 688 g/mol. The van der Waals surface area contributed by atoms with Crippen LogP contribution in [0.25, 0.3) is 0 Å². The lowest BCUT2D eigenvalue weighted by molar-refractivity contribution is -0.144. The van der Waals surface area contributed by atoms with Gasteiger partial charge in [-0.25, -0.2) is 4.79 Å². The predicted octanol–water partition coefficient (Wildman–Crippen LogP) is 3.07. The molecule has 4 N–H and O–H groups in total. The van der Waals surface area contributed by atoms with Crippen LogP contribution in [0.15, 0.2) is 22.2 Å². The molecule has 0 radical (unpaired) electrons. The molecule has 1 aliphatic heterocycles. The van der Waals surface area contributed by atoms with Gasteiger partial charge < -0.3 is 31.1 Å². The molecular formula is C41H62N6O7. The fourth-order valence-electron chi connectivity index (χ4n) is 9.05. The SMILES string of the molecule is C=CCNC(=O)C(=O)C(CCC)NC(=O)[C@@H]1[C@@H]2[C@H](CN1C(=O)[C@@H](NC(=O)N[C@H](CN(C)c1c(C3(C)CC3)c(=O)c1=O)C(C)(C)C)C1CCCCC1)C2(C)C. The number of rotatable bonds is 16. The number of likely N-dealkylation sites (tertiary alicyclic amines) is 1. The maximum absolute atomic E-state index is 14.7. The minimum atomic E-state index is -1.04. The largest absolute Gasteiger partial charge is 0.369 e. The molecule has 1 saturated heterocycles. The summed E-state index contributed by atoms with van der Waals surface area (Å²) in [5.74, 6) is -2.51. The smallest absolute Gasteiger partial charge is 0.315 e. The second kappa shape index (κ2) is 15.6. The molecule has 1 unspecified atom stereocenters. The van der Waals surface area contributed by atoms with Crippen LogP contribution in [0.3, 0.4) is 0 Å². The molecule has 6 atom stereocenters. The Morgan fingerprint density at radius 2 is 1.63 bits per heavy atom. The summed E-state index contributed by atoms with van der Waals surface area (Å²) in [5.41, 5.74) is -0.810. The van der Waals surface area contributed by atoms with Gasteiger partial charge in [0.2, 0.25) is 28.5 Å². The van der Waals surface area contributed by atoms with E-state index < -0.39 is 64.1 Å². The average Bonchev–Trinajstić information content (AvgIpc) is 3.90. The van der Waals surface area contributed by atoms with Gasteiger partial charge in [-0.2, -0.15) is 0 Å². The molecule has 1 heterocycles. The number of carbonyl (C=O) groups excluding carboxylic acids is 5. The van der Waals surface area contributed by atoms with Gasteiger partial charge >= 0.3 is 6.03 Å². The lowest BCUT2D eigenvalue weighted by Gasteiger charge is -2.39. The van der Waals surface area contributed by atoms with Gasteiger partial charge in [-0.3, -0.25) is 28.8 Å². The van der Waals surface area contributed by atoms with Gasteiger partial charge in [0.25, 0.3) is 5.91 Å². The van der Waals surface area contributed by atoms with Crippen LogP contribution in [0.4, 0.5) is 10.5 Å². The number of anilines is 1. The van der Waals surface area contributed by atoms with Crippen molar-refractivity contribution in [1.29, 1.82) is 0 Å². The van der Waals surface area contributed by atoms with Crippen LogP contribution in [0.2, 0.25) is 0 Å². The second-order valence-corrected chi connectivity index (χ2v) is 18.3. The third-order valence-corrected chi connectivity index (χ3v) is 13.0. The molecule has 1 aromatic carbocycles. The van der Waals surface area contributed by atoms with Crippen LogP contribution >= 0.6 is 0 Å². The van der Waals surface area contributed by atoms with Gasteiger partial charge in [0.1, 0.15) is 12.1 Å². The third-order valence-electron chi connectivity index (χ3n) is 13.0. The molecule has 5 rings (SSSR count). The first kappa shape index (κ1) is 41.1. The van der Waals surface area contributed by atoms with Crippen LogP contribution in [0.5, 0.6) is 0 Å². The van der Waals surface area contributed by atoms with Crippen LogP contribution in [0.1, 0.15) is 112 Å². The Labute approximate surface area is 319 Å². The molecule has 4 fully saturated rings. The molecule has 3 saturated carbocycles. The summed E-state index contributed by atoms with van der Waals surface area (Å²) < 4.78 is 0. The summed E-state index contributed by atoms with van der Waals surface area (Å²) in [6.07, 6.45) is 8.41.